The van der Waals surface area contributed by atoms with Gasteiger partial charge >= 0.3 is 0 Å². The van der Waals surface area contributed by atoms with Crippen LogP contribution in [0.2, 0.25) is 0 Å². The van der Waals surface area contributed by atoms with Gasteiger partial charge in [0.05, 0.1) is 11.4 Å². The van der Waals surface area contributed by atoms with Crippen LogP contribution < -0.4 is 0 Å². The molecule has 0 fully saturated rings. The summed E-state index contributed by atoms with van der Waals surface area (Å²) in [5, 5.41) is 0. The lowest BCUT2D eigenvalue weighted by atomic mass is 10.2. The lowest BCUT2D eigenvalue weighted by Gasteiger charge is -2.23. The Morgan fingerprint density at radius 1 is 1.30 bits per heavy atom. The molecule has 8 heteroatoms. The van der Waals surface area contributed by atoms with Crippen LogP contribution in [-0.2, 0) is 14.8 Å². The predicted molar refractivity (Wildman–Crippen MR) is 79.2 cm³/mol. The first-order valence-corrected chi connectivity index (χ1v) is 7.82. The van der Waals surface area contributed by atoms with Gasteiger partial charge < -0.3 is 0 Å². The summed E-state index contributed by atoms with van der Waals surface area (Å²) in [7, 11) is -4.17. The van der Waals surface area contributed by atoms with Crippen molar-refractivity contribution in [3.05, 3.63) is 29.8 Å². The monoisotopic (exact) mass is 353 g/mol. The smallest absolute Gasteiger partial charge is 0.269 e. The Morgan fingerprint density at radius 2 is 1.80 bits per heavy atom. The van der Waals surface area contributed by atoms with E-state index in [-0.39, 0.29) is 4.90 Å². The zero-order chi connectivity index (χ0) is 15.6. The first kappa shape index (κ1) is 17.1. The molecule has 1 rings (SSSR count). The number of carbonyl (C=O) groups excluding carboxylic acids is 1. The number of nitrogens with zero attached hydrogens (tertiary/aromatic N) is 1. The topological polar surface area (TPSA) is 54.5 Å². The van der Waals surface area contributed by atoms with Crippen molar-refractivity contribution in [2.45, 2.75) is 15.6 Å². The molecule has 4 nitrogen and oxygen atoms in total. The number of hydrogen-bond acceptors (Lipinski definition) is 3. The third kappa shape index (κ3) is 3.80. The molecular weight excluding hydrogens is 345 g/mol. The van der Waals surface area contributed by atoms with Gasteiger partial charge in [-0.15, -0.1) is 6.42 Å². The Morgan fingerprint density at radius 3 is 2.20 bits per heavy atom. The third-order valence-electron chi connectivity index (χ3n) is 2.31. The Balaban J connectivity index is 3.30. The number of alkyl halides is 3. The number of aryl methyl sites for hydroxylation is 1. The van der Waals surface area contributed by atoms with Crippen molar-refractivity contribution < 1.29 is 13.2 Å². The van der Waals surface area contributed by atoms with E-state index in [0.717, 1.165) is 5.56 Å². The molecule has 108 valence electrons. The van der Waals surface area contributed by atoms with Gasteiger partial charge in [-0.05, 0) is 19.1 Å². The van der Waals surface area contributed by atoms with Crippen LogP contribution in [0.25, 0.3) is 0 Å². The number of hydrogen-bond donors (Lipinski definition) is 0. The minimum absolute atomic E-state index is 0.110. The Kier molecular flexibility index (Phi) is 5.33. The lowest BCUT2D eigenvalue weighted by molar-refractivity contribution is -0.125. The van der Waals surface area contributed by atoms with Crippen LogP contribution in [0.15, 0.2) is 29.2 Å². The van der Waals surface area contributed by atoms with Crippen molar-refractivity contribution in [1.29, 1.82) is 0 Å². The summed E-state index contributed by atoms with van der Waals surface area (Å²) in [5.41, 5.74) is 0.861. The number of benzene rings is 1. The van der Waals surface area contributed by atoms with E-state index in [9.17, 15) is 13.2 Å². The molecule has 0 saturated heterocycles. The number of terminal acetylenes is 1. The van der Waals surface area contributed by atoms with Crippen molar-refractivity contribution in [3.8, 4) is 12.3 Å². The second-order valence-corrected chi connectivity index (χ2v) is 7.98. The van der Waals surface area contributed by atoms with Crippen LogP contribution in [0, 0.1) is 19.3 Å². The zero-order valence-electron chi connectivity index (χ0n) is 10.3. The van der Waals surface area contributed by atoms with Crippen molar-refractivity contribution in [2.75, 3.05) is 6.54 Å². The van der Waals surface area contributed by atoms with E-state index in [4.69, 9.17) is 41.2 Å². The molecule has 0 aliphatic carbocycles. The normalized spacial score (nSPS) is 11.8. The predicted octanol–water partition coefficient (Wildman–Crippen LogP) is 2.52. The standard InChI is InChI=1S/C12H10Cl3NO3S/c1-3-8-16(11(17)12(13,14)15)20(18,19)10-6-4-9(2)5-7-10/h1,4-7H,8H2,2H3. The molecule has 0 spiro atoms. The van der Waals surface area contributed by atoms with Gasteiger partial charge in [-0.25, -0.2) is 12.7 Å². The Bertz CT molecular complexity index is 642. The lowest BCUT2D eigenvalue weighted by Crippen LogP contribution is -2.43. The van der Waals surface area contributed by atoms with Crippen molar-refractivity contribution >= 4 is 50.7 Å². The molecule has 1 aromatic carbocycles. The van der Waals surface area contributed by atoms with E-state index in [2.05, 4.69) is 5.92 Å². The maximum atomic E-state index is 12.4. The highest BCUT2D eigenvalue weighted by atomic mass is 35.6. The van der Waals surface area contributed by atoms with Gasteiger partial charge in [-0.2, -0.15) is 0 Å². The van der Waals surface area contributed by atoms with E-state index in [1.54, 1.807) is 19.1 Å². The number of carbonyl (C=O) groups is 1. The van der Waals surface area contributed by atoms with Crippen LogP contribution in [0.5, 0.6) is 0 Å². The molecule has 20 heavy (non-hydrogen) atoms. The minimum Gasteiger partial charge on any atom is -0.269 e. The molecular formula is C12H10Cl3NO3S. The minimum atomic E-state index is -4.17. The highest BCUT2D eigenvalue weighted by molar-refractivity contribution is 7.89. The van der Waals surface area contributed by atoms with Gasteiger partial charge in [0.15, 0.2) is 0 Å². The van der Waals surface area contributed by atoms with Crippen LogP contribution in [-0.4, -0.2) is 29.0 Å². The van der Waals surface area contributed by atoms with Crippen LogP contribution in [0.4, 0.5) is 0 Å². The molecule has 1 aromatic rings. The van der Waals surface area contributed by atoms with Gasteiger partial charge in [0.2, 0.25) is 0 Å². The van der Waals surface area contributed by atoms with Crippen LogP contribution in [0.1, 0.15) is 5.56 Å². The van der Waals surface area contributed by atoms with Gasteiger partial charge in [0.1, 0.15) is 0 Å². The average Bonchev–Trinajstić information content (AvgIpc) is 2.34. The molecule has 1 amide bonds. The van der Waals surface area contributed by atoms with Crippen LogP contribution in [0.3, 0.4) is 0 Å². The summed E-state index contributed by atoms with van der Waals surface area (Å²) < 4.78 is 22.7. The van der Waals surface area contributed by atoms with E-state index < -0.39 is 26.3 Å². The molecule has 0 saturated carbocycles. The van der Waals surface area contributed by atoms with Crippen molar-refractivity contribution in [1.82, 2.24) is 4.31 Å². The number of amides is 1. The first-order valence-electron chi connectivity index (χ1n) is 5.24. The summed E-state index contributed by atoms with van der Waals surface area (Å²) in [6.45, 7) is 1.27. The third-order valence-corrected chi connectivity index (χ3v) is 4.54. The molecule has 0 bridgehead atoms. The van der Waals surface area contributed by atoms with E-state index >= 15 is 0 Å². The highest BCUT2D eigenvalue weighted by Crippen LogP contribution is 2.31. The van der Waals surface area contributed by atoms with Crippen molar-refractivity contribution in [3.63, 3.8) is 0 Å². The summed E-state index contributed by atoms with van der Waals surface area (Å²) in [6, 6.07) is 5.86. The molecule has 0 heterocycles. The summed E-state index contributed by atoms with van der Waals surface area (Å²) in [5.74, 6) is 0.837. The van der Waals surface area contributed by atoms with Gasteiger partial charge in [0, 0.05) is 0 Å². The average molecular weight is 355 g/mol. The second-order valence-electron chi connectivity index (χ2n) is 3.83. The van der Waals surface area contributed by atoms with Gasteiger partial charge in [-0.1, -0.05) is 58.4 Å². The van der Waals surface area contributed by atoms with Crippen molar-refractivity contribution in [2.24, 2.45) is 0 Å². The van der Waals surface area contributed by atoms with Gasteiger partial charge in [-0.3, -0.25) is 4.79 Å². The molecule has 0 aliphatic rings. The fraction of sp³-hybridized carbons (Fsp3) is 0.250. The first-order chi connectivity index (χ1) is 9.10. The summed E-state index contributed by atoms with van der Waals surface area (Å²) >= 11 is 16.3. The highest BCUT2D eigenvalue weighted by Gasteiger charge is 2.41. The molecule has 0 radical (unpaired) electrons. The quantitative estimate of drug-likeness (QED) is 0.619. The SMILES string of the molecule is C#CCN(C(=O)C(Cl)(Cl)Cl)S(=O)(=O)c1ccc(C)cc1. The summed E-state index contributed by atoms with van der Waals surface area (Å²) in [4.78, 5) is 11.8. The van der Waals surface area contributed by atoms with Crippen LogP contribution >= 0.6 is 34.8 Å². The maximum Gasteiger partial charge on any atom is 0.289 e. The van der Waals surface area contributed by atoms with E-state index in [1.807, 2.05) is 0 Å². The molecule has 0 unspecified atom stereocenters. The van der Waals surface area contributed by atoms with E-state index in [0.29, 0.717) is 4.31 Å². The number of halogens is 3. The second kappa shape index (κ2) is 6.23. The molecule has 0 atom stereocenters. The summed E-state index contributed by atoms with van der Waals surface area (Å²) in [6.07, 6.45) is 5.07. The maximum absolute atomic E-state index is 12.4. The Hall–Kier alpha value is -0.930. The fourth-order valence-corrected chi connectivity index (χ4v) is 3.12. The Labute approximate surface area is 132 Å². The van der Waals surface area contributed by atoms with Gasteiger partial charge in [0.25, 0.3) is 19.7 Å². The fourth-order valence-electron chi connectivity index (χ4n) is 1.33. The van der Waals surface area contributed by atoms with E-state index in [1.165, 1.54) is 12.1 Å². The molecule has 0 aromatic heterocycles. The molecule has 0 aliphatic heterocycles. The molecule has 0 N–H and O–H groups in total. The largest absolute Gasteiger partial charge is 0.289 e. The number of sulfonamides is 1. The zero-order valence-corrected chi connectivity index (χ0v) is 13.4. The number of rotatable bonds is 3.